The van der Waals surface area contributed by atoms with E-state index in [4.69, 9.17) is 4.98 Å². The van der Waals surface area contributed by atoms with E-state index in [9.17, 15) is 0 Å². The molecule has 26 heavy (non-hydrogen) atoms. The molecule has 0 amide bonds. The number of nitrogens with one attached hydrogen (secondary N) is 1. The molecule has 0 fully saturated rings. The fourth-order valence-corrected chi connectivity index (χ4v) is 3.22. The minimum absolute atomic E-state index is 0.0365. The van der Waals surface area contributed by atoms with E-state index >= 15 is 0 Å². The van der Waals surface area contributed by atoms with E-state index in [1.54, 1.807) is 0 Å². The predicted octanol–water partition coefficient (Wildman–Crippen LogP) is 2.89. The summed E-state index contributed by atoms with van der Waals surface area (Å²) in [5.74, 6) is 2.79. The first kappa shape index (κ1) is 16.5. The van der Waals surface area contributed by atoms with Gasteiger partial charge in [-0.1, -0.05) is 42.5 Å². The average Bonchev–Trinajstić information content (AvgIpc) is 3.17. The van der Waals surface area contributed by atoms with Gasteiger partial charge in [-0.25, -0.2) is 4.98 Å². The molecule has 1 atom stereocenters. The number of imidazole rings is 1. The van der Waals surface area contributed by atoms with E-state index in [1.807, 2.05) is 42.8 Å². The predicted molar refractivity (Wildman–Crippen MR) is 102 cm³/mol. The molecular weight excluding hydrogens is 324 g/mol. The van der Waals surface area contributed by atoms with Crippen LogP contribution in [0.4, 0.5) is 0 Å². The van der Waals surface area contributed by atoms with Crippen molar-refractivity contribution in [3.05, 3.63) is 77.6 Å². The van der Waals surface area contributed by atoms with Gasteiger partial charge in [0, 0.05) is 14.1 Å². The number of fused-ring (bicyclic) bond motifs is 1. The van der Waals surface area contributed by atoms with E-state index < -0.39 is 0 Å². The summed E-state index contributed by atoms with van der Waals surface area (Å²) in [6.45, 7) is 2.57. The summed E-state index contributed by atoms with van der Waals surface area (Å²) in [5.41, 5.74) is 3.30. The number of rotatable bonds is 5. The van der Waals surface area contributed by atoms with Gasteiger partial charge in [0.25, 0.3) is 0 Å². The zero-order valence-corrected chi connectivity index (χ0v) is 15.2. The highest BCUT2D eigenvalue weighted by Crippen LogP contribution is 2.25. The number of nitrogens with zero attached hydrogens (tertiary/aromatic N) is 5. The van der Waals surface area contributed by atoms with E-state index in [1.165, 1.54) is 5.56 Å². The lowest BCUT2D eigenvalue weighted by Crippen LogP contribution is -2.26. The molecule has 0 aliphatic heterocycles. The quantitative estimate of drug-likeness (QED) is 0.604. The van der Waals surface area contributed by atoms with Crippen LogP contribution in [-0.2, 0) is 20.6 Å². The summed E-state index contributed by atoms with van der Waals surface area (Å²) in [7, 11) is 4.05. The van der Waals surface area contributed by atoms with Crippen LogP contribution >= 0.6 is 0 Å². The van der Waals surface area contributed by atoms with E-state index in [2.05, 4.69) is 57.5 Å². The Labute approximate surface area is 152 Å². The molecule has 0 aliphatic carbocycles. The van der Waals surface area contributed by atoms with Crippen LogP contribution in [-0.4, -0.2) is 24.3 Å². The third-order valence-corrected chi connectivity index (χ3v) is 4.86. The number of aromatic nitrogens is 5. The summed E-state index contributed by atoms with van der Waals surface area (Å²) >= 11 is 0. The number of benzene rings is 2. The fraction of sp³-hybridized carbons (Fsp3) is 0.250. The standard InChI is InChI=1S/C20H22N6/c1-14-23-24-18(25(14)2)13-21-19(15-9-5-4-6-10-15)20-22-16-11-7-8-12-17(16)26(20)3/h4-12,19,21H,13H2,1-3H3. The number of aryl methyl sites for hydroxylation is 2. The molecule has 0 spiro atoms. The van der Waals surface area contributed by atoms with Gasteiger partial charge < -0.3 is 9.13 Å². The molecule has 1 unspecified atom stereocenters. The highest BCUT2D eigenvalue weighted by atomic mass is 15.3. The maximum Gasteiger partial charge on any atom is 0.146 e. The Morgan fingerprint density at radius 1 is 0.923 bits per heavy atom. The minimum atomic E-state index is -0.0365. The Morgan fingerprint density at radius 2 is 1.65 bits per heavy atom. The van der Waals surface area contributed by atoms with Gasteiger partial charge >= 0.3 is 0 Å². The van der Waals surface area contributed by atoms with Crippen molar-refractivity contribution in [3.8, 4) is 0 Å². The molecule has 0 saturated heterocycles. The number of para-hydroxylation sites is 2. The molecule has 4 rings (SSSR count). The van der Waals surface area contributed by atoms with Crippen molar-refractivity contribution >= 4 is 11.0 Å². The van der Waals surface area contributed by atoms with Gasteiger partial charge in [-0.05, 0) is 24.6 Å². The summed E-state index contributed by atoms with van der Waals surface area (Å²) in [5, 5.41) is 12.0. The Bertz CT molecular complexity index is 1030. The van der Waals surface area contributed by atoms with Crippen LogP contribution in [0.5, 0.6) is 0 Å². The Hall–Kier alpha value is -2.99. The zero-order chi connectivity index (χ0) is 18.1. The van der Waals surface area contributed by atoms with E-state index in [0.29, 0.717) is 6.54 Å². The highest BCUT2D eigenvalue weighted by molar-refractivity contribution is 5.76. The molecule has 4 aromatic rings. The van der Waals surface area contributed by atoms with Crippen LogP contribution in [0.1, 0.15) is 29.1 Å². The molecule has 2 heterocycles. The Morgan fingerprint density at radius 3 is 2.35 bits per heavy atom. The highest BCUT2D eigenvalue weighted by Gasteiger charge is 2.21. The first-order valence-electron chi connectivity index (χ1n) is 8.69. The van der Waals surface area contributed by atoms with Crippen molar-refractivity contribution in [1.82, 2.24) is 29.6 Å². The monoisotopic (exact) mass is 346 g/mol. The van der Waals surface area contributed by atoms with E-state index in [0.717, 1.165) is 28.5 Å². The molecule has 0 radical (unpaired) electrons. The largest absolute Gasteiger partial charge is 0.330 e. The Kier molecular flexibility index (Phi) is 4.26. The number of hydrogen-bond acceptors (Lipinski definition) is 4. The van der Waals surface area contributed by atoms with Gasteiger partial charge in [0.2, 0.25) is 0 Å². The zero-order valence-electron chi connectivity index (χ0n) is 15.2. The molecular formula is C20H22N6. The minimum Gasteiger partial charge on any atom is -0.330 e. The van der Waals surface area contributed by atoms with Gasteiger partial charge in [-0.3, -0.25) is 5.32 Å². The molecule has 2 aromatic carbocycles. The van der Waals surface area contributed by atoms with Gasteiger partial charge in [0.15, 0.2) is 0 Å². The van der Waals surface area contributed by atoms with E-state index in [-0.39, 0.29) is 6.04 Å². The van der Waals surface area contributed by atoms with Crippen molar-refractivity contribution in [2.75, 3.05) is 0 Å². The summed E-state index contributed by atoms with van der Waals surface area (Å²) in [6, 6.07) is 18.6. The fourth-order valence-electron chi connectivity index (χ4n) is 3.22. The third kappa shape index (κ3) is 2.88. The van der Waals surface area contributed by atoms with Crippen LogP contribution in [0, 0.1) is 6.92 Å². The summed E-state index contributed by atoms with van der Waals surface area (Å²) in [4.78, 5) is 4.89. The second-order valence-electron chi connectivity index (χ2n) is 6.46. The van der Waals surface area contributed by atoms with Crippen LogP contribution in [0.25, 0.3) is 11.0 Å². The van der Waals surface area contributed by atoms with Crippen molar-refractivity contribution in [2.45, 2.75) is 19.5 Å². The second-order valence-corrected chi connectivity index (χ2v) is 6.46. The van der Waals surface area contributed by atoms with Crippen LogP contribution in [0.2, 0.25) is 0 Å². The molecule has 132 valence electrons. The third-order valence-electron chi connectivity index (χ3n) is 4.86. The first-order chi connectivity index (χ1) is 12.6. The molecule has 6 nitrogen and oxygen atoms in total. The maximum absolute atomic E-state index is 4.89. The SMILES string of the molecule is Cc1nnc(CNC(c2ccccc2)c2nc3ccccc3n2C)n1C. The summed E-state index contributed by atoms with van der Waals surface area (Å²) in [6.07, 6.45) is 0. The lowest BCUT2D eigenvalue weighted by molar-refractivity contribution is 0.538. The normalized spacial score (nSPS) is 12.6. The topological polar surface area (TPSA) is 60.6 Å². The van der Waals surface area contributed by atoms with Crippen LogP contribution in [0.15, 0.2) is 54.6 Å². The van der Waals surface area contributed by atoms with Gasteiger partial charge in [0.05, 0.1) is 23.6 Å². The van der Waals surface area contributed by atoms with Crippen LogP contribution < -0.4 is 5.32 Å². The van der Waals surface area contributed by atoms with Gasteiger partial charge in [0.1, 0.15) is 17.5 Å². The summed E-state index contributed by atoms with van der Waals surface area (Å²) < 4.78 is 4.16. The smallest absolute Gasteiger partial charge is 0.146 e. The molecule has 6 heteroatoms. The lowest BCUT2D eigenvalue weighted by Gasteiger charge is -2.19. The lowest BCUT2D eigenvalue weighted by atomic mass is 10.1. The van der Waals surface area contributed by atoms with Crippen molar-refractivity contribution in [3.63, 3.8) is 0 Å². The molecule has 1 N–H and O–H groups in total. The molecule has 0 saturated carbocycles. The van der Waals surface area contributed by atoms with Crippen molar-refractivity contribution < 1.29 is 0 Å². The average molecular weight is 346 g/mol. The van der Waals surface area contributed by atoms with Crippen molar-refractivity contribution in [2.24, 2.45) is 14.1 Å². The maximum atomic E-state index is 4.89. The number of hydrogen-bond donors (Lipinski definition) is 1. The van der Waals surface area contributed by atoms with Gasteiger partial charge in [-0.2, -0.15) is 0 Å². The van der Waals surface area contributed by atoms with Crippen molar-refractivity contribution in [1.29, 1.82) is 0 Å². The molecule has 0 bridgehead atoms. The van der Waals surface area contributed by atoms with Gasteiger partial charge in [-0.15, -0.1) is 10.2 Å². The Balaban J connectivity index is 1.73. The molecule has 0 aliphatic rings. The second kappa shape index (κ2) is 6.72. The van der Waals surface area contributed by atoms with Crippen LogP contribution in [0.3, 0.4) is 0 Å². The molecule has 2 aromatic heterocycles. The first-order valence-corrected chi connectivity index (χ1v) is 8.69.